The minimum Gasteiger partial charge on any atom is -0.481 e. The molecular formula is C24H27ClN2O4. The van der Waals surface area contributed by atoms with E-state index in [4.69, 9.17) is 31.2 Å². The molecule has 1 aromatic carbocycles. The summed E-state index contributed by atoms with van der Waals surface area (Å²) in [5.41, 5.74) is 7.46. The van der Waals surface area contributed by atoms with Gasteiger partial charge in [-0.15, -0.1) is 0 Å². The fourth-order valence-corrected chi connectivity index (χ4v) is 4.25. The number of piperidine rings is 1. The second-order valence-corrected chi connectivity index (χ2v) is 7.93. The molecule has 2 aromatic rings. The molecule has 164 valence electrons. The number of nitrogens with zero attached hydrogens (tertiary/aromatic N) is 2. The summed E-state index contributed by atoms with van der Waals surface area (Å²) in [5, 5.41) is 8.19. The first-order chi connectivity index (χ1) is 14.9. The highest BCUT2D eigenvalue weighted by Crippen LogP contribution is 2.38. The lowest BCUT2D eigenvalue weighted by molar-refractivity contribution is -0.134. The quantitative estimate of drug-likeness (QED) is 0.673. The predicted molar refractivity (Wildman–Crippen MR) is 120 cm³/mol. The normalized spacial score (nSPS) is 15.1. The number of pyridine rings is 1. The van der Waals surface area contributed by atoms with Gasteiger partial charge < -0.3 is 14.7 Å². The van der Waals surface area contributed by atoms with Crippen LogP contribution in [0.5, 0.6) is 0 Å². The molecule has 1 aliphatic heterocycles. The molecule has 0 saturated carbocycles. The minimum atomic E-state index is -0.833. The Morgan fingerprint density at radius 3 is 2.48 bits per heavy atom. The molecule has 2 heterocycles. The molecule has 1 fully saturated rings. The van der Waals surface area contributed by atoms with Gasteiger partial charge in [-0.25, -0.2) is 4.79 Å². The van der Waals surface area contributed by atoms with Gasteiger partial charge in [0.1, 0.15) is 0 Å². The van der Waals surface area contributed by atoms with Crippen LogP contribution in [0.3, 0.4) is 0 Å². The highest BCUT2D eigenvalue weighted by Gasteiger charge is 2.26. The van der Waals surface area contributed by atoms with E-state index in [1.54, 1.807) is 4.90 Å². The van der Waals surface area contributed by atoms with Crippen LogP contribution in [0.15, 0.2) is 42.1 Å². The number of hydrogen-bond acceptors (Lipinski definition) is 4. The molecule has 1 aliphatic carbocycles. The number of hydrogen-bond donors (Lipinski definition) is 1. The van der Waals surface area contributed by atoms with Crippen LogP contribution in [0.25, 0.3) is 5.57 Å². The monoisotopic (exact) mass is 442 g/mol. The van der Waals surface area contributed by atoms with E-state index in [1.807, 2.05) is 25.3 Å². The van der Waals surface area contributed by atoms with Crippen molar-refractivity contribution < 1.29 is 19.4 Å². The van der Waals surface area contributed by atoms with Crippen molar-refractivity contribution in [2.24, 2.45) is 0 Å². The van der Waals surface area contributed by atoms with Gasteiger partial charge in [0.2, 0.25) is 0 Å². The highest BCUT2D eigenvalue weighted by molar-refractivity contribution is 6.30. The van der Waals surface area contributed by atoms with E-state index in [1.165, 1.54) is 27.8 Å². The molecule has 1 N–H and O–H groups in total. The van der Waals surface area contributed by atoms with Crippen molar-refractivity contribution in [2.75, 3.05) is 19.7 Å². The standard InChI is InChI=1S/C22H23ClN2O2.C2H4O2/c1-2-27-22(26)25-12-9-15(10-13-25)20-19-8-7-18(23)14-17(19)6-5-16-4-3-11-24-21(16)20;1-2(3)4/h3-4,7-8,11,14H,2,5-6,9-10,12-13H2,1H3;1H3,(H,3,4). The number of rotatable bonds is 1. The van der Waals surface area contributed by atoms with E-state index in [9.17, 15) is 4.79 Å². The van der Waals surface area contributed by atoms with Crippen LogP contribution < -0.4 is 0 Å². The third-order valence-corrected chi connectivity index (χ3v) is 5.61. The number of amides is 1. The lowest BCUT2D eigenvalue weighted by Gasteiger charge is -2.29. The summed E-state index contributed by atoms with van der Waals surface area (Å²) in [6.07, 6.45) is 5.25. The predicted octanol–water partition coefficient (Wildman–Crippen LogP) is 4.98. The number of aryl methyl sites for hydroxylation is 2. The Balaban J connectivity index is 0.000000628. The number of carboxylic acids is 1. The molecule has 1 amide bonds. The van der Waals surface area contributed by atoms with Crippen LogP contribution in [0.2, 0.25) is 5.02 Å². The zero-order chi connectivity index (χ0) is 22.4. The third-order valence-electron chi connectivity index (χ3n) is 5.37. The summed E-state index contributed by atoms with van der Waals surface area (Å²) in [6, 6.07) is 10.3. The highest BCUT2D eigenvalue weighted by atomic mass is 35.5. The Morgan fingerprint density at radius 2 is 1.81 bits per heavy atom. The van der Waals surface area contributed by atoms with Crippen molar-refractivity contribution in [3.8, 4) is 0 Å². The first-order valence-corrected chi connectivity index (χ1v) is 10.8. The topological polar surface area (TPSA) is 79.7 Å². The summed E-state index contributed by atoms with van der Waals surface area (Å²) in [4.78, 5) is 27.6. The van der Waals surface area contributed by atoms with Gasteiger partial charge in [0.05, 0.1) is 12.3 Å². The molecular weight excluding hydrogens is 416 g/mol. The van der Waals surface area contributed by atoms with Crippen molar-refractivity contribution in [1.29, 1.82) is 0 Å². The van der Waals surface area contributed by atoms with Crippen LogP contribution in [0.4, 0.5) is 4.79 Å². The number of fused-ring (bicyclic) bond motifs is 2. The largest absolute Gasteiger partial charge is 0.481 e. The zero-order valence-corrected chi connectivity index (χ0v) is 18.6. The molecule has 0 atom stereocenters. The third kappa shape index (κ3) is 5.64. The summed E-state index contributed by atoms with van der Waals surface area (Å²) in [5.74, 6) is -0.833. The first kappa shape index (κ1) is 22.8. The van der Waals surface area contributed by atoms with Gasteiger partial charge in [0.25, 0.3) is 5.97 Å². The van der Waals surface area contributed by atoms with Gasteiger partial charge in [-0.1, -0.05) is 29.3 Å². The van der Waals surface area contributed by atoms with Crippen LogP contribution in [-0.2, 0) is 22.4 Å². The SMILES string of the molecule is CC(=O)O.CCOC(=O)N1CCC(=C2c3ccc(Cl)cc3CCc3cccnc32)CC1. The van der Waals surface area contributed by atoms with Crippen LogP contribution in [0.1, 0.15) is 49.1 Å². The average molecular weight is 443 g/mol. The van der Waals surface area contributed by atoms with Gasteiger partial charge in [-0.05, 0) is 67.5 Å². The van der Waals surface area contributed by atoms with E-state index in [0.29, 0.717) is 19.7 Å². The maximum atomic E-state index is 12.0. The van der Waals surface area contributed by atoms with E-state index in [0.717, 1.165) is 43.3 Å². The Hall–Kier alpha value is -2.86. The maximum absolute atomic E-state index is 12.0. The minimum absolute atomic E-state index is 0.215. The average Bonchev–Trinajstić information content (AvgIpc) is 2.90. The Bertz CT molecular complexity index is 989. The van der Waals surface area contributed by atoms with Gasteiger partial charge in [0, 0.05) is 36.8 Å². The fourth-order valence-electron chi connectivity index (χ4n) is 4.06. The number of likely N-dealkylation sites (tertiary alicyclic amines) is 1. The molecule has 0 unspecified atom stereocenters. The molecule has 1 aromatic heterocycles. The van der Waals surface area contributed by atoms with Crippen molar-refractivity contribution in [3.63, 3.8) is 0 Å². The van der Waals surface area contributed by atoms with Crippen LogP contribution in [0, 0.1) is 0 Å². The van der Waals surface area contributed by atoms with Crippen molar-refractivity contribution in [2.45, 2.75) is 39.5 Å². The summed E-state index contributed by atoms with van der Waals surface area (Å²) in [7, 11) is 0. The number of carbonyl (C=O) groups is 2. The van der Waals surface area contributed by atoms with Crippen molar-refractivity contribution in [3.05, 3.63) is 69.5 Å². The van der Waals surface area contributed by atoms with Crippen molar-refractivity contribution >= 4 is 29.2 Å². The summed E-state index contributed by atoms with van der Waals surface area (Å²) >= 11 is 6.27. The lowest BCUT2D eigenvalue weighted by atomic mass is 9.88. The van der Waals surface area contributed by atoms with E-state index >= 15 is 0 Å². The molecule has 1 saturated heterocycles. The van der Waals surface area contributed by atoms with E-state index in [2.05, 4.69) is 18.2 Å². The molecule has 2 aliphatic rings. The number of aromatic nitrogens is 1. The Labute approximate surface area is 187 Å². The summed E-state index contributed by atoms with van der Waals surface area (Å²) in [6.45, 7) is 4.70. The first-order valence-electron chi connectivity index (χ1n) is 10.5. The van der Waals surface area contributed by atoms with Crippen molar-refractivity contribution in [1.82, 2.24) is 9.88 Å². The van der Waals surface area contributed by atoms with E-state index in [-0.39, 0.29) is 6.09 Å². The number of carboxylic acid groups (broad SMARTS) is 1. The number of carbonyl (C=O) groups excluding carboxylic acids is 1. The molecule has 7 heteroatoms. The second kappa shape index (κ2) is 10.4. The number of benzene rings is 1. The molecule has 0 radical (unpaired) electrons. The number of aliphatic carboxylic acids is 1. The molecule has 0 bridgehead atoms. The molecule has 6 nitrogen and oxygen atoms in total. The second-order valence-electron chi connectivity index (χ2n) is 7.50. The maximum Gasteiger partial charge on any atom is 0.409 e. The van der Waals surface area contributed by atoms with Gasteiger partial charge in [-0.2, -0.15) is 0 Å². The van der Waals surface area contributed by atoms with Gasteiger partial charge >= 0.3 is 6.09 Å². The van der Waals surface area contributed by atoms with E-state index < -0.39 is 5.97 Å². The number of ether oxygens (including phenoxy) is 1. The Morgan fingerprint density at radius 1 is 1.13 bits per heavy atom. The van der Waals surface area contributed by atoms with Gasteiger partial charge in [-0.3, -0.25) is 9.78 Å². The zero-order valence-electron chi connectivity index (χ0n) is 17.9. The van der Waals surface area contributed by atoms with Crippen LogP contribution in [-0.4, -0.2) is 46.7 Å². The molecule has 31 heavy (non-hydrogen) atoms. The smallest absolute Gasteiger partial charge is 0.409 e. The van der Waals surface area contributed by atoms with Crippen LogP contribution >= 0.6 is 11.6 Å². The number of halogens is 1. The summed E-state index contributed by atoms with van der Waals surface area (Å²) < 4.78 is 5.15. The lowest BCUT2D eigenvalue weighted by Crippen LogP contribution is -2.37. The fraction of sp³-hybridized carbons (Fsp3) is 0.375. The molecule has 0 spiro atoms. The van der Waals surface area contributed by atoms with Gasteiger partial charge in [0.15, 0.2) is 0 Å². The Kier molecular flexibility index (Phi) is 7.69. The molecule has 4 rings (SSSR count).